The van der Waals surface area contributed by atoms with Crippen LogP contribution < -0.4 is 10.2 Å². The molecule has 0 atom stereocenters. The van der Waals surface area contributed by atoms with E-state index in [0.717, 1.165) is 48.2 Å². The van der Waals surface area contributed by atoms with Gasteiger partial charge in [0.1, 0.15) is 0 Å². The van der Waals surface area contributed by atoms with Crippen molar-refractivity contribution in [3.8, 4) is 0 Å². The lowest BCUT2D eigenvalue weighted by Gasteiger charge is -2.34. The Morgan fingerprint density at radius 1 is 1.24 bits per heavy atom. The number of thiazole rings is 1. The van der Waals surface area contributed by atoms with Crippen molar-refractivity contribution in [3.63, 3.8) is 0 Å². The Morgan fingerprint density at radius 3 is 2.83 bits per heavy atom. The number of piperazine rings is 1. The standard InChI is InChI=1S/C22H26N4OS2/c1-16-14-17(2)21-19(15-16)24-22(29-21)26-11-9-25(10-12-26)8-7-23-20(27)6-5-18-4-3-13-28-18/h3-6,13-15H,7-12H2,1-2H3,(H,23,27)/b6-5+. The van der Waals surface area contributed by atoms with E-state index < -0.39 is 0 Å². The number of carbonyl (C=O) groups excluding carboxylic acids is 1. The summed E-state index contributed by atoms with van der Waals surface area (Å²) in [6.45, 7) is 9.79. The zero-order valence-corrected chi connectivity index (χ0v) is 18.5. The van der Waals surface area contributed by atoms with Crippen LogP contribution in [0.25, 0.3) is 16.3 Å². The van der Waals surface area contributed by atoms with Gasteiger partial charge >= 0.3 is 0 Å². The van der Waals surface area contributed by atoms with Crippen molar-refractivity contribution >= 4 is 50.0 Å². The predicted molar refractivity (Wildman–Crippen MR) is 124 cm³/mol. The van der Waals surface area contributed by atoms with Crippen LogP contribution in [0.5, 0.6) is 0 Å². The van der Waals surface area contributed by atoms with Gasteiger partial charge < -0.3 is 10.2 Å². The Balaban J connectivity index is 1.23. The molecule has 1 aliphatic heterocycles. The second-order valence-electron chi connectivity index (χ2n) is 7.39. The van der Waals surface area contributed by atoms with Gasteiger partial charge in [-0.05, 0) is 48.6 Å². The van der Waals surface area contributed by atoms with E-state index in [2.05, 4.69) is 41.1 Å². The predicted octanol–water partition coefficient (Wildman–Crippen LogP) is 3.93. The molecule has 3 heterocycles. The van der Waals surface area contributed by atoms with Crippen molar-refractivity contribution in [3.05, 3.63) is 51.7 Å². The van der Waals surface area contributed by atoms with Crippen molar-refractivity contribution in [2.45, 2.75) is 13.8 Å². The normalized spacial score (nSPS) is 15.4. The highest BCUT2D eigenvalue weighted by molar-refractivity contribution is 7.22. The number of nitrogens with zero attached hydrogens (tertiary/aromatic N) is 3. The van der Waals surface area contributed by atoms with Crippen molar-refractivity contribution in [1.29, 1.82) is 0 Å². The highest BCUT2D eigenvalue weighted by atomic mass is 32.1. The van der Waals surface area contributed by atoms with Gasteiger partial charge in [-0.1, -0.05) is 23.5 Å². The first-order valence-electron chi connectivity index (χ1n) is 9.93. The van der Waals surface area contributed by atoms with Gasteiger partial charge in [-0.15, -0.1) is 11.3 Å². The molecule has 5 nitrogen and oxygen atoms in total. The van der Waals surface area contributed by atoms with Crippen molar-refractivity contribution in [2.75, 3.05) is 44.2 Å². The van der Waals surface area contributed by atoms with E-state index in [-0.39, 0.29) is 5.91 Å². The Labute approximate surface area is 179 Å². The molecule has 0 unspecified atom stereocenters. The number of carbonyl (C=O) groups is 1. The second-order valence-corrected chi connectivity index (χ2v) is 9.35. The number of hydrogen-bond acceptors (Lipinski definition) is 6. The molecule has 29 heavy (non-hydrogen) atoms. The largest absolute Gasteiger partial charge is 0.351 e. The molecular weight excluding hydrogens is 400 g/mol. The van der Waals surface area contributed by atoms with Crippen LogP contribution in [0.4, 0.5) is 5.13 Å². The number of nitrogens with one attached hydrogen (secondary N) is 1. The smallest absolute Gasteiger partial charge is 0.244 e. The van der Waals surface area contributed by atoms with Crippen molar-refractivity contribution < 1.29 is 4.79 Å². The molecule has 0 radical (unpaired) electrons. The Hall–Kier alpha value is -2.22. The quantitative estimate of drug-likeness (QED) is 0.607. The van der Waals surface area contributed by atoms with Crippen molar-refractivity contribution in [2.24, 2.45) is 0 Å². The first kappa shape index (κ1) is 20.1. The molecule has 1 aromatic carbocycles. The number of thiophene rings is 1. The van der Waals surface area contributed by atoms with Crippen LogP contribution in [-0.4, -0.2) is 55.1 Å². The Bertz CT molecular complexity index is 1000. The lowest BCUT2D eigenvalue weighted by Crippen LogP contribution is -2.48. The fourth-order valence-electron chi connectivity index (χ4n) is 3.60. The number of benzene rings is 1. The molecule has 3 aromatic rings. The fourth-order valence-corrected chi connectivity index (χ4v) is 5.29. The van der Waals surface area contributed by atoms with Crippen LogP contribution in [0.2, 0.25) is 0 Å². The van der Waals surface area contributed by atoms with Gasteiger partial charge in [-0.25, -0.2) is 4.98 Å². The SMILES string of the molecule is Cc1cc(C)c2sc(N3CCN(CCNC(=O)/C=C/c4cccs4)CC3)nc2c1. The molecule has 4 rings (SSSR count). The Morgan fingerprint density at radius 2 is 2.07 bits per heavy atom. The highest BCUT2D eigenvalue weighted by Gasteiger charge is 2.20. The molecule has 1 N–H and O–H groups in total. The molecule has 7 heteroatoms. The summed E-state index contributed by atoms with van der Waals surface area (Å²) in [6.07, 6.45) is 3.47. The van der Waals surface area contributed by atoms with E-state index in [9.17, 15) is 4.79 Å². The third-order valence-corrected chi connectivity index (χ3v) is 7.23. The third-order valence-electron chi connectivity index (χ3n) is 5.12. The maximum Gasteiger partial charge on any atom is 0.244 e. The highest BCUT2D eigenvalue weighted by Crippen LogP contribution is 2.32. The van der Waals surface area contributed by atoms with Crippen molar-refractivity contribution in [1.82, 2.24) is 15.2 Å². The number of fused-ring (bicyclic) bond motifs is 1. The molecule has 1 saturated heterocycles. The number of aryl methyl sites for hydroxylation is 2. The van der Waals surface area contributed by atoms with E-state index >= 15 is 0 Å². The third kappa shape index (κ3) is 5.04. The molecule has 0 aliphatic carbocycles. The zero-order chi connectivity index (χ0) is 20.2. The average Bonchev–Trinajstić information content (AvgIpc) is 3.37. The van der Waals surface area contributed by atoms with Gasteiger partial charge in [-0.3, -0.25) is 9.69 Å². The van der Waals surface area contributed by atoms with Gasteiger partial charge in [0, 0.05) is 50.2 Å². The lowest BCUT2D eigenvalue weighted by atomic mass is 10.1. The summed E-state index contributed by atoms with van der Waals surface area (Å²) in [7, 11) is 0. The van der Waals surface area contributed by atoms with Crippen LogP contribution in [0, 0.1) is 13.8 Å². The molecule has 152 valence electrons. The Kier molecular flexibility index (Phi) is 6.28. The number of hydrogen-bond donors (Lipinski definition) is 1. The maximum absolute atomic E-state index is 11.9. The first-order valence-corrected chi connectivity index (χ1v) is 11.6. The first-order chi connectivity index (χ1) is 14.1. The molecule has 0 spiro atoms. The number of amides is 1. The topological polar surface area (TPSA) is 48.5 Å². The van der Waals surface area contributed by atoms with Gasteiger partial charge in [0.25, 0.3) is 0 Å². The van der Waals surface area contributed by atoms with Crippen LogP contribution in [0.3, 0.4) is 0 Å². The van der Waals surface area contributed by atoms with Crippen LogP contribution in [-0.2, 0) is 4.79 Å². The maximum atomic E-state index is 11.9. The molecule has 2 aromatic heterocycles. The summed E-state index contributed by atoms with van der Waals surface area (Å²) >= 11 is 3.43. The van der Waals surface area contributed by atoms with E-state index in [1.54, 1.807) is 28.7 Å². The second kappa shape index (κ2) is 9.07. The van der Waals surface area contributed by atoms with Gasteiger partial charge in [0.05, 0.1) is 10.2 Å². The molecular formula is C22H26N4OS2. The fraction of sp³-hybridized carbons (Fsp3) is 0.364. The number of aromatic nitrogens is 1. The summed E-state index contributed by atoms with van der Waals surface area (Å²) in [5.74, 6) is -0.0304. The van der Waals surface area contributed by atoms with Gasteiger partial charge in [0.15, 0.2) is 5.13 Å². The molecule has 1 amide bonds. The van der Waals surface area contributed by atoms with Gasteiger partial charge in [-0.2, -0.15) is 0 Å². The monoisotopic (exact) mass is 426 g/mol. The van der Waals surface area contributed by atoms with E-state index in [1.165, 1.54) is 15.8 Å². The van der Waals surface area contributed by atoms with Gasteiger partial charge in [0.2, 0.25) is 5.91 Å². The summed E-state index contributed by atoms with van der Waals surface area (Å²) in [6, 6.07) is 8.39. The van der Waals surface area contributed by atoms with E-state index in [1.807, 2.05) is 23.6 Å². The van der Waals surface area contributed by atoms with E-state index in [4.69, 9.17) is 4.98 Å². The summed E-state index contributed by atoms with van der Waals surface area (Å²) in [4.78, 5) is 22.7. The average molecular weight is 427 g/mol. The van der Waals surface area contributed by atoms with E-state index in [0.29, 0.717) is 6.54 Å². The minimum Gasteiger partial charge on any atom is -0.351 e. The van der Waals surface area contributed by atoms with Crippen LogP contribution in [0.1, 0.15) is 16.0 Å². The number of rotatable bonds is 6. The lowest BCUT2D eigenvalue weighted by molar-refractivity contribution is -0.116. The number of anilines is 1. The minimum atomic E-state index is -0.0304. The summed E-state index contributed by atoms with van der Waals surface area (Å²) in [5.41, 5.74) is 3.69. The summed E-state index contributed by atoms with van der Waals surface area (Å²) < 4.78 is 1.30. The molecule has 1 aliphatic rings. The van der Waals surface area contributed by atoms with Crippen LogP contribution in [0.15, 0.2) is 35.7 Å². The zero-order valence-electron chi connectivity index (χ0n) is 16.9. The van der Waals surface area contributed by atoms with Crippen LogP contribution >= 0.6 is 22.7 Å². The minimum absolute atomic E-state index is 0.0304. The summed E-state index contributed by atoms with van der Waals surface area (Å²) in [5, 5.41) is 6.11. The molecule has 0 bridgehead atoms. The molecule has 0 saturated carbocycles. The molecule has 1 fully saturated rings.